The number of carbonyl (C=O) groups excluding carboxylic acids is 1. The predicted octanol–water partition coefficient (Wildman–Crippen LogP) is 0.596. The van der Waals surface area contributed by atoms with Crippen molar-refractivity contribution in [2.24, 2.45) is 5.14 Å². The number of thiophene rings is 1. The molecule has 9 nitrogen and oxygen atoms in total. The van der Waals surface area contributed by atoms with Crippen LogP contribution in [-0.4, -0.2) is 41.2 Å². The van der Waals surface area contributed by atoms with E-state index in [4.69, 9.17) is 14.3 Å². The largest absolute Gasteiger partial charge is 0.454 e. The third-order valence-electron chi connectivity index (χ3n) is 2.81. The van der Waals surface area contributed by atoms with Gasteiger partial charge < -0.3 is 9.15 Å². The van der Waals surface area contributed by atoms with E-state index < -0.39 is 26.0 Å². The second kappa shape index (κ2) is 6.64. The Morgan fingerprint density at radius 3 is 2.50 bits per heavy atom. The summed E-state index contributed by atoms with van der Waals surface area (Å²) in [6.07, 6.45) is 0. The molecule has 0 bridgehead atoms. The lowest BCUT2D eigenvalue weighted by Crippen LogP contribution is -2.21. The summed E-state index contributed by atoms with van der Waals surface area (Å²) in [6, 6.07) is 3.72. The minimum atomic E-state index is -3.88. The Balaban J connectivity index is 2.05. The molecule has 0 saturated heterocycles. The summed E-state index contributed by atoms with van der Waals surface area (Å²) in [5, 5.41) is 5.98. The van der Waals surface area contributed by atoms with E-state index in [1.54, 1.807) is 0 Å². The summed E-state index contributed by atoms with van der Waals surface area (Å²) in [4.78, 5) is 11.9. The summed E-state index contributed by atoms with van der Waals surface area (Å²) in [5.41, 5.74) is 0.0247. The van der Waals surface area contributed by atoms with E-state index >= 15 is 0 Å². The molecule has 0 radical (unpaired) electrons. The molecule has 2 N–H and O–H groups in total. The molecule has 0 aliphatic carbocycles. The Bertz CT molecular complexity index is 954. The van der Waals surface area contributed by atoms with Crippen molar-refractivity contribution in [2.75, 3.05) is 14.1 Å². The number of esters is 1. The summed E-state index contributed by atoms with van der Waals surface area (Å²) in [5.74, 6) is -0.653. The smallest absolute Gasteiger partial charge is 0.339 e. The fourth-order valence-electron chi connectivity index (χ4n) is 1.55. The molecule has 0 aliphatic rings. The second-order valence-corrected chi connectivity index (χ2v) is 9.57. The van der Waals surface area contributed by atoms with Crippen LogP contribution in [0.2, 0.25) is 0 Å². The van der Waals surface area contributed by atoms with Crippen LogP contribution in [0.4, 0.5) is 0 Å². The lowest BCUT2D eigenvalue weighted by atomic mass is 10.3. The van der Waals surface area contributed by atoms with Crippen LogP contribution in [0.15, 0.2) is 37.3 Å². The molecule has 0 aromatic carbocycles. The SMILES string of the molecule is CN(C)S(=O)(=O)c1ccc(COC(=O)c2csc(S(N)(=O)=O)c2)o1. The molecule has 0 unspecified atom stereocenters. The minimum absolute atomic E-state index is 0.0247. The lowest BCUT2D eigenvalue weighted by Gasteiger charge is -2.07. The van der Waals surface area contributed by atoms with E-state index in [1.165, 1.54) is 31.6 Å². The van der Waals surface area contributed by atoms with Gasteiger partial charge in [-0.05, 0) is 18.2 Å². The van der Waals surface area contributed by atoms with Crippen molar-refractivity contribution >= 4 is 37.4 Å². The Morgan fingerprint density at radius 1 is 1.29 bits per heavy atom. The zero-order valence-corrected chi connectivity index (χ0v) is 15.1. The zero-order chi connectivity index (χ0) is 18.1. The number of hydrogen-bond donors (Lipinski definition) is 1. The number of sulfonamides is 2. The maximum Gasteiger partial charge on any atom is 0.339 e. The average molecular weight is 394 g/mol. The topological polar surface area (TPSA) is 137 Å². The summed E-state index contributed by atoms with van der Waals surface area (Å²) < 4.78 is 57.0. The van der Waals surface area contributed by atoms with Gasteiger partial charge in [0.2, 0.25) is 15.1 Å². The van der Waals surface area contributed by atoms with Gasteiger partial charge in [0, 0.05) is 19.5 Å². The number of ether oxygens (including phenoxy) is 1. The molecule has 24 heavy (non-hydrogen) atoms. The fraction of sp³-hybridized carbons (Fsp3) is 0.250. The molecule has 2 aromatic rings. The van der Waals surface area contributed by atoms with Crippen LogP contribution in [0.3, 0.4) is 0 Å². The van der Waals surface area contributed by atoms with Crippen LogP contribution in [0, 0.1) is 0 Å². The highest BCUT2D eigenvalue weighted by molar-refractivity contribution is 7.91. The highest BCUT2D eigenvalue weighted by Gasteiger charge is 2.22. The van der Waals surface area contributed by atoms with Gasteiger partial charge in [-0.1, -0.05) is 0 Å². The Labute approximate surface area is 142 Å². The number of carbonyl (C=O) groups is 1. The number of primary sulfonamides is 1. The number of rotatable bonds is 6. The fourth-order valence-corrected chi connectivity index (χ4v) is 3.93. The van der Waals surface area contributed by atoms with Crippen molar-refractivity contribution in [1.29, 1.82) is 0 Å². The van der Waals surface area contributed by atoms with Gasteiger partial charge in [0.15, 0.2) is 0 Å². The molecule has 0 atom stereocenters. The van der Waals surface area contributed by atoms with Crippen molar-refractivity contribution in [3.63, 3.8) is 0 Å². The molecule has 132 valence electrons. The molecule has 0 fully saturated rings. The van der Waals surface area contributed by atoms with Gasteiger partial charge in [-0.15, -0.1) is 11.3 Å². The monoisotopic (exact) mass is 394 g/mol. The van der Waals surface area contributed by atoms with Crippen molar-refractivity contribution in [1.82, 2.24) is 4.31 Å². The third-order valence-corrected chi connectivity index (χ3v) is 6.88. The highest BCUT2D eigenvalue weighted by atomic mass is 32.2. The van der Waals surface area contributed by atoms with Gasteiger partial charge in [0.05, 0.1) is 5.56 Å². The van der Waals surface area contributed by atoms with Gasteiger partial charge in [0.25, 0.3) is 10.0 Å². The Kier molecular flexibility index (Phi) is 5.15. The normalized spacial score (nSPS) is 12.5. The van der Waals surface area contributed by atoms with Crippen molar-refractivity contribution in [3.05, 3.63) is 34.9 Å². The van der Waals surface area contributed by atoms with Crippen molar-refractivity contribution < 1.29 is 30.8 Å². The first-order chi connectivity index (χ1) is 11.0. The average Bonchev–Trinajstić information content (AvgIpc) is 3.13. The molecular formula is C12H14N2O7S3. The van der Waals surface area contributed by atoms with Crippen LogP contribution < -0.4 is 5.14 Å². The molecule has 0 amide bonds. The zero-order valence-electron chi connectivity index (χ0n) is 12.6. The molecule has 12 heteroatoms. The number of nitrogens with zero attached hydrogens (tertiary/aromatic N) is 1. The van der Waals surface area contributed by atoms with Crippen LogP contribution in [0.25, 0.3) is 0 Å². The van der Waals surface area contributed by atoms with Crippen LogP contribution in [0.1, 0.15) is 16.1 Å². The van der Waals surface area contributed by atoms with Gasteiger partial charge in [-0.25, -0.2) is 31.1 Å². The van der Waals surface area contributed by atoms with E-state index in [2.05, 4.69) is 0 Å². The second-order valence-electron chi connectivity index (χ2n) is 4.78. The van der Waals surface area contributed by atoms with E-state index in [0.717, 1.165) is 21.7 Å². The van der Waals surface area contributed by atoms with Crippen LogP contribution >= 0.6 is 11.3 Å². The third kappa shape index (κ3) is 4.02. The summed E-state index contributed by atoms with van der Waals surface area (Å²) in [6.45, 7) is -0.303. The van der Waals surface area contributed by atoms with E-state index in [9.17, 15) is 21.6 Å². The number of nitrogens with two attached hydrogens (primary N) is 1. The van der Waals surface area contributed by atoms with Crippen LogP contribution in [0.5, 0.6) is 0 Å². The van der Waals surface area contributed by atoms with E-state index in [-0.39, 0.29) is 27.2 Å². The van der Waals surface area contributed by atoms with E-state index in [1.807, 2.05) is 0 Å². The van der Waals surface area contributed by atoms with Gasteiger partial charge >= 0.3 is 5.97 Å². The summed E-state index contributed by atoms with van der Waals surface area (Å²) in [7, 11) is -4.88. The molecule has 0 spiro atoms. The van der Waals surface area contributed by atoms with Crippen molar-refractivity contribution in [3.8, 4) is 0 Å². The predicted molar refractivity (Wildman–Crippen MR) is 84.4 cm³/mol. The van der Waals surface area contributed by atoms with Gasteiger partial charge in [0.1, 0.15) is 16.6 Å². The molecule has 2 heterocycles. The first kappa shape index (κ1) is 18.6. The Morgan fingerprint density at radius 2 is 1.96 bits per heavy atom. The minimum Gasteiger partial charge on any atom is -0.454 e. The van der Waals surface area contributed by atoms with Gasteiger partial charge in [-0.2, -0.15) is 0 Å². The molecular weight excluding hydrogens is 380 g/mol. The first-order valence-electron chi connectivity index (χ1n) is 6.31. The van der Waals surface area contributed by atoms with Crippen molar-refractivity contribution in [2.45, 2.75) is 15.9 Å². The highest BCUT2D eigenvalue weighted by Crippen LogP contribution is 2.21. The molecule has 0 saturated carbocycles. The Hall–Kier alpha value is -1.73. The lowest BCUT2D eigenvalue weighted by molar-refractivity contribution is 0.0441. The number of furan rings is 1. The van der Waals surface area contributed by atoms with Crippen LogP contribution in [-0.2, 0) is 31.4 Å². The summed E-state index contributed by atoms with van der Waals surface area (Å²) >= 11 is 0.795. The molecule has 2 aromatic heterocycles. The maximum atomic E-state index is 11.9. The van der Waals surface area contributed by atoms with E-state index in [0.29, 0.717) is 0 Å². The number of hydrogen-bond acceptors (Lipinski definition) is 8. The molecule has 2 rings (SSSR count). The maximum absolute atomic E-state index is 11.9. The van der Waals surface area contributed by atoms with Gasteiger partial charge in [-0.3, -0.25) is 0 Å². The standard InChI is InChI=1S/C12H14N2O7S3/c1-14(2)24(18,19)10-4-3-9(21-10)6-20-12(15)8-5-11(22-7-8)23(13,16)17/h3-5,7H,6H2,1-2H3,(H2,13,16,17). The quantitative estimate of drug-likeness (QED) is 0.708. The first-order valence-corrected chi connectivity index (χ1v) is 10.2. The molecule has 0 aliphatic heterocycles.